The first-order valence-corrected chi connectivity index (χ1v) is 7.86. The van der Waals surface area contributed by atoms with Crippen LogP contribution in [0.1, 0.15) is 43.4 Å². The summed E-state index contributed by atoms with van der Waals surface area (Å²) in [5.41, 5.74) is 4.35. The summed E-state index contributed by atoms with van der Waals surface area (Å²) >= 11 is 0. The lowest BCUT2D eigenvalue weighted by molar-refractivity contribution is 0.556. The van der Waals surface area contributed by atoms with Crippen LogP contribution < -0.4 is 0 Å². The van der Waals surface area contributed by atoms with Gasteiger partial charge in [0.1, 0.15) is 0 Å². The van der Waals surface area contributed by atoms with Crippen LogP contribution in [0.2, 0.25) is 0 Å². The maximum atomic E-state index is 2.31. The molecule has 0 fully saturated rings. The minimum Gasteiger partial charge on any atom is -0.0628 e. The highest BCUT2D eigenvalue weighted by Crippen LogP contribution is 2.13. The number of hydrogen-bond donors (Lipinski definition) is 0. The van der Waals surface area contributed by atoms with Gasteiger partial charge in [0.25, 0.3) is 0 Å². The molecule has 0 spiro atoms. The van der Waals surface area contributed by atoms with E-state index in [0.717, 1.165) is 18.8 Å². The van der Waals surface area contributed by atoms with Crippen molar-refractivity contribution in [2.24, 2.45) is 5.92 Å². The fourth-order valence-electron chi connectivity index (χ4n) is 2.52. The molecule has 0 bridgehead atoms. The van der Waals surface area contributed by atoms with Gasteiger partial charge in [-0.25, -0.2) is 0 Å². The van der Waals surface area contributed by atoms with Crippen LogP contribution in [0.3, 0.4) is 0 Å². The minimum atomic E-state index is 0.820. The molecule has 20 heavy (non-hydrogen) atoms. The molecule has 2 aromatic carbocycles. The monoisotopic (exact) mass is 266 g/mol. The van der Waals surface area contributed by atoms with Crippen LogP contribution in [-0.2, 0) is 19.3 Å². The molecule has 0 aliphatic heterocycles. The summed E-state index contributed by atoms with van der Waals surface area (Å²) in [6.07, 6.45) is 6.12. The van der Waals surface area contributed by atoms with Crippen molar-refractivity contribution in [3.8, 4) is 0 Å². The Balaban J connectivity index is 1.79. The van der Waals surface area contributed by atoms with E-state index in [4.69, 9.17) is 0 Å². The lowest BCUT2D eigenvalue weighted by atomic mass is 10.00. The molecule has 0 saturated heterocycles. The summed E-state index contributed by atoms with van der Waals surface area (Å²) in [6.45, 7) is 4.60. The van der Waals surface area contributed by atoms with Crippen LogP contribution in [0.25, 0.3) is 0 Å². The smallest absolute Gasteiger partial charge is 0.0238 e. The van der Waals surface area contributed by atoms with Crippen LogP contribution in [0.15, 0.2) is 54.6 Å². The van der Waals surface area contributed by atoms with E-state index in [-0.39, 0.29) is 0 Å². The largest absolute Gasteiger partial charge is 0.0628 e. The molecule has 0 heterocycles. The first kappa shape index (κ1) is 14.8. The third-order valence-corrected chi connectivity index (χ3v) is 3.82. The van der Waals surface area contributed by atoms with Crippen molar-refractivity contribution in [2.75, 3.05) is 0 Å². The van der Waals surface area contributed by atoms with Gasteiger partial charge >= 0.3 is 0 Å². The van der Waals surface area contributed by atoms with E-state index < -0.39 is 0 Å². The van der Waals surface area contributed by atoms with Crippen LogP contribution in [0.5, 0.6) is 0 Å². The Bertz CT molecular complexity index is 479. The minimum absolute atomic E-state index is 0.820. The van der Waals surface area contributed by atoms with E-state index in [1.54, 1.807) is 0 Å². The molecule has 106 valence electrons. The van der Waals surface area contributed by atoms with Gasteiger partial charge in [-0.05, 0) is 48.3 Å². The van der Waals surface area contributed by atoms with E-state index in [1.807, 2.05) is 0 Å². The summed E-state index contributed by atoms with van der Waals surface area (Å²) in [5, 5.41) is 0. The Hall–Kier alpha value is -1.56. The van der Waals surface area contributed by atoms with E-state index in [2.05, 4.69) is 68.4 Å². The highest BCUT2D eigenvalue weighted by atomic mass is 14.0. The zero-order valence-electron chi connectivity index (χ0n) is 12.8. The number of rotatable bonds is 7. The van der Waals surface area contributed by atoms with Crippen molar-refractivity contribution in [2.45, 2.75) is 46.0 Å². The molecule has 0 amide bonds. The van der Waals surface area contributed by atoms with Crippen molar-refractivity contribution in [3.63, 3.8) is 0 Å². The molecule has 0 heteroatoms. The molecule has 0 radical (unpaired) electrons. The van der Waals surface area contributed by atoms with Gasteiger partial charge in [-0.1, -0.05) is 74.9 Å². The Labute approximate surface area is 123 Å². The second-order valence-electron chi connectivity index (χ2n) is 6.09. The predicted molar refractivity (Wildman–Crippen MR) is 88.1 cm³/mol. The first-order chi connectivity index (χ1) is 9.74. The lowest BCUT2D eigenvalue weighted by Crippen LogP contribution is -1.93. The van der Waals surface area contributed by atoms with Crippen molar-refractivity contribution in [1.82, 2.24) is 0 Å². The fraction of sp³-hybridized carbons (Fsp3) is 0.400. The third-order valence-electron chi connectivity index (χ3n) is 3.82. The predicted octanol–water partition coefficient (Wildman–Crippen LogP) is 5.45. The van der Waals surface area contributed by atoms with E-state index in [9.17, 15) is 0 Å². The summed E-state index contributed by atoms with van der Waals surface area (Å²) in [4.78, 5) is 0. The van der Waals surface area contributed by atoms with Crippen molar-refractivity contribution in [3.05, 3.63) is 71.3 Å². The van der Waals surface area contributed by atoms with Gasteiger partial charge in [-0.3, -0.25) is 0 Å². The van der Waals surface area contributed by atoms with Crippen LogP contribution >= 0.6 is 0 Å². The van der Waals surface area contributed by atoms with Crippen molar-refractivity contribution in [1.29, 1.82) is 0 Å². The molecule has 2 aromatic rings. The molecule has 0 unspecified atom stereocenters. The summed E-state index contributed by atoms with van der Waals surface area (Å²) in [5.74, 6) is 0.820. The van der Waals surface area contributed by atoms with Crippen molar-refractivity contribution < 1.29 is 0 Å². The first-order valence-electron chi connectivity index (χ1n) is 7.86. The average Bonchev–Trinajstić information content (AvgIpc) is 2.47. The quantitative estimate of drug-likeness (QED) is 0.625. The molecule has 0 aliphatic carbocycles. The summed E-state index contributed by atoms with van der Waals surface area (Å²) in [7, 11) is 0. The second kappa shape index (κ2) is 7.89. The van der Waals surface area contributed by atoms with Gasteiger partial charge in [-0.2, -0.15) is 0 Å². The van der Waals surface area contributed by atoms with Gasteiger partial charge in [0.15, 0.2) is 0 Å². The molecule has 0 atom stereocenters. The van der Waals surface area contributed by atoms with E-state index in [1.165, 1.54) is 36.0 Å². The number of hydrogen-bond acceptors (Lipinski definition) is 0. The van der Waals surface area contributed by atoms with Crippen LogP contribution in [0, 0.1) is 5.92 Å². The topological polar surface area (TPSA) is 0 Å². The SMILES string of the molecule is CC(C)CCCc1ccc(CCc2ccccc2)cc1. The Morgan fingerprint density at radius 3 is 1.70 bits per heavy atom. The fourth-order valence-corrected chi connectivity index (χ4v) is 2.52. The Morgan fingerprint density at radius 1 is 0.650 bits per heavy atom. The van der Waals surface area contributed by atoms with Gasteiger partial charge < -0.3 is 0 Å². The second-order valence-corrected chi connectivity index (χ2v) is 6.09. The molecule has 0 aromatic heterocycles. The van der Waals surface area contributed by atoms with Crippen LogP contribution in [-0.4, -0.2) is 0 Å². The van der Waals surface area contributed by atoms with E-state index >= 15 is 0 Å². The van der Waals surface area contributed by atoms with E-state index in [0.29, 0.717) is 0 Å². The number of benzene rings is 2. The lowest BCUT2D eigenvalue weighted by Gasteiger charge is -2.06. The molecule has 0 saturated carbocycles. The maximum Gasteiger partial charge on any atom is -0.0238 e. The van der Waals surface area contributed by atoms with Gasteiger partial charge in [0.2, 0.25) is 0 Å². The number of aryl methyl sites for hydroxylation is 3. The highest BCUT2D eigenvalue weighted by molar-refractivity contribution is 5.24. The van der Waals surface area contributed by atoms with Crippen LogP contribution in [0.4, 0.5) is 0 Å². The molecule has 2 rings (SSSR count). The van der Waals surface area contributed by atoms with Gasteiger partial charge in [0, 0.05) is 0 Å². The van der Waals surface area contributed by atoms with Gasteiger partial charge in [-0.15, -0.1) is 0 Å². The average molecular weight is 266 g/mol. The molecule has 0 aliphatic rings. The molecular weight excluding hydrogens is 240 g/mol. The Kier molecular flexibility index (Phi) is 5.86. The van der Waals surface area contributed by atoms with Crippen molar-refractivity contribution >= 4 is 0 Å². The zero-order chi connectivity index (χ0) is 14.2. The maximum absolute atomic E-state index is 2.31. The summed E-state index contributed by atoms with van der Waals surface area (Å²) < 4.78 is 0. The highest BCUT2D eigenvalue weighted by Gasteiger charge is 1.98. The molecular formula is C20H26. The zero-order valence-corrected chi connectivity index (χ0v) is 12.8. The normalized spacial score (nSPS) is 10.9. The molecule has 0 nitrogen and oxygen atoms in total. The Morgan fingerprint density at radius 2 is 1.15 bits per heavy atom. The summed E-state index contributed by atoms with van der Waals surface area (Å²) in [6, 6.07) is 19.9. The third kappa shape index (κ3) is 5.21. The molecule has 0 N–H and O–H groups in total. The van der Waals surface area contributed by atoms with Gasteiger partial charge in [0.05, 0.1) is 0 Å². The standard InChI is InChI=1S/C20H26/c1-17(2)7-6-10-19-12-15-20(16-13-19)14-11-18-8-4-3-5-9-18/h3-5,8-9,12-13,15-17H,6-7,10-11,14H2,1-2H3.